The van der Waals surface area contributed by atoms with E-state index < -0.39 is 0 Å². The molecule has 0 aliphatic heterocycles. The minimum absolute atomic E-state index is 0.332. The van der Waals surface area contributed by atoms with Crippen molar-refractivity contribution in [3.05, 3.63) is 40.5 Å². The van der Waals surface area contributed by atoms with Crippen LogP contribution in [0.15, 0.2) is 39.3 Å². The minimum Gasteiger partial charge on any atom is -0.496 e. The highest BCUT2D eigenvalue weighted by Crippen LogP contribution is 2.30. The lowest BCUT2D eigenvalue weighted by molar-refractivity contribution is 0.412. The molecule has 21 heavy (non-hydrogen) atoms. The van der Waals surface area contributed by atoms with Gasteiger partial charge in [-0.1, -0.05) is 5.16 Å². The van der Waals surface area contributed by atoms with Crippen LogP contribution < -0.4 is 4.74 Å². The van der Waals surface area contributed by atoms with Crippen molar-refractivity contribution in [2.24, 2.45) is 0 Å². The smallest absolute Gasteiger partial charge is 0.274 e. The second-order valence-electron chi connectivity index (χ2n) is 4.17. The van der Waals surface area contributed by atoms with Gasteiger partial charge in [-0.15, -0.1) is 0 Å². The minimum atomic E-state index is 0.332. The number of nitrogens with zero attached hydrogens (tertiary/aromatic N) is 3. The van der Waals surface area contributed by atoms with Gasteiger partial charge in [-0.05, 0) is 46.3 Å². The summed E-state index contributed by atoms with van der Waals surface area (Å²) in [6.07, 6.45) is 0. The van der Waals surface area contributed by atoms with E-state index >= 15 is 0 Å². The number of aromatic nitrogens is 3. The molecule has 0 aliphatic rings. The van der Waals surface area contributed by atoms with Gasteiger partial charge in [-0.25, -0.2) is 0 Å². The summed E-state index contributed by atoms with van der Waals surface area (Å²) >= 11 is 3.42. The molecule has 0 bridgehead atoms. The summed E-state index contributed by atoms with van der Waals surface area (Å²) in [7, 11) is 1.60. The summed E-state index contributed by atoms with van der Waals surface area (Å²) < 4.78 is 11.2. The van der Waals surface area contributed by atoms with Crippen LogP contribution in [0, 0.1) is 11.3 Å². The van der Waals surface area contributed by atoms with Crippen molar-refractivity contribution in [3.8, 4) is 34.8 Å². The van der Waals surface area contributed by atoms with E-state index in [0.29, 0.717) is 23.1 Å². The number of nitrogens with one attached hydrogen (secondary N) is 1. The summed E-state index contributed by atoms with van der Waals surface area (Å²) in [6.45, 7) is 0. The largest absolute Gasteiger partial charge is 0.496 e. The third kappa shape index (κ3) is 2.53. The van der Waals surface area contributed by atoms with Gasteiger partial charge in [0.25, 0.3) is 5.89 Å². The molecule has 104 valence electrons. The Morgan fingerprint density at radius 3 is 2.86 bits per heavy atom. The maximum absolute atomic E-state index is 8.80. The number of hydrogen-bond donors (Lipinski definition) is 1. The first-order valence-corrected chi connectivity index (χ1v) is 6.77. The molecule has 6 nitrogen and oxygen atoms in total. The maximum atomic E-state index is 8.80. The topological polar surface area (TPSA) is 87.7 Å². The Morgan fingerprint density at radius 2 is 2.19 bits per heavy atom. The predicted molar refractivity (Wildman–Crippen MR) is 78.5 cm³/mol. The number of hydrogen-bond acceptors (Lipinski definition) is 5. The van der Waals surface area contributed by atoms with Gasteiger partial charge in [-0.3, -0.25) is 0 Å². The molecule has 0 unspecified atom stereocenters. The molecule has 2 aromatic heterocycles. The van der Waals surface area contributed by atoms with Gasteiger partial charge in [-0.2, -0.15) is 10.2 Å². The van der Waals surface area contributed by atoms with E-state index in [9.17, 15) is 0 Å². The van der Waals surface area contributed by atoms with Crippen molar-refractivity contribution < 1.29 is 9.26 Å². The van der Waals surface area contributed by atoms with Crippen LogP contribution in [0.25, 0.3) is 23.0 Å². The van der Waals surface area contributed by atoms with Crippen LogP contribution in [0.2, 0.25) is 0 Å². The Hall–Kier alpha value is -2.59. The second kappa shape index (κ2) is 5.42. The van der Waals surface area contributed by atoms with Crippen LogP contribution >= 0.6 is 15.9 Å². The zero-order valence-electron chi connectivity index (χ0n) is 10.9. The maximum Gasteiger partial charge on any atom is 0.274 e. The van der Waals surface area contributed by atoms with E-state index in [-0.39, 0.29) is 0 Å². The van der Waals surface area contributed by atoms with E-state index in [2.05, 4.69) is 31.1 Å². The summed E-state index contributed by atoms with van der Waals surface area (Å²) in [5, 5.41) is 12.7. The summed E-state index contributed by atoms with van der Waals surface area (Å²) in [6, 6.07) is 10.9. The fourth-order valence-corrected chi connectivity index (χ4v) is 2.38. The van der Waals surface area contributed by atoms with Gasteiger partial charge in [0.1, 0.15) is 23.2 Å². The standard InChI is InChI=1S/C14H9BrN4O2/c1-20-12-5-2-8(6-10(12)15)13-18-14(21-19-13)11-4-3-9(7-16)17-11/h2-6,17H,1H3. The van der Waals surface area contributed by atoms with Gasteiger partial charge in [0.15, 0.2) is 0 Å². The Labute approximate surface area is 128 Å². The molecule has 1 aromatic carbocycles. The molecule has 1 N–H and O–H groups in total. The zero-order chi connectivity index (χ0) is 14.8. The van der Waals surface area contributed by atoms with Gasteiger partial charge in [0.05, 0.1) is 11.6 Å². The number of H-pyrrole nitrogens is 1. The average molecular weight is 345 g/mol. The second-order valence-corrected chi connectivity index (χ2v) is 5.02. The third-order valence-electron chi connectivity index (χ3n) is 2.87. The monoisotopic (exact) mass is 344 g/mol. The van der Waals surface area contributed by atoms with Crippen LogP contribution in [0.1, 0.15) is 5.69 Å². The molecule has 0 aliphatic carbocycles. The van der Waals surface area contributed by atoms with Crippen LogP contribution in [0.3, 0.4) is 0 Å². The molecular formula is C14H9BrN4O2. The SMILES string of the molecule is COc1ccc(-c2noc(-c3ccc(C#N)[nH]3)n2)cc1Br. The Balaban J connectivity index is 1.94. The highest BCUT2D eigenvalue weighted by molar-refractivity contribution is 9.10. The average Bonchev–Trinajstić information content (AvgIpc) is 3.15. The molecule has 0 saturated carbocycles. The number of aromatic amines is 1. The van der Waals surface area contributed by atoms with E-state index in [4.69, 9.17) is 14.5 Å². The molecule has 7 heteroatoms. The molecule has 0 radical (unpaired) electrons. The molecule has 3 aromatic rings. The van der Waals surface area contributed by atoms with Crippen molar-refractivity contribution in [1.29, 1.82) is 5.26 Å². The number of nitriles is 1. The number of halogens is 1. The quantitative estimate of drug-likeness (QED) is 0.786. The summed E-state index contributed by atoms with van der Waals surface area (Å²) in [4.78, 5) is 7.20. The molecule has 0 atom stereocenters. The molecule has 2 heterocycles. The zero-order valence-corrected chi connectivity index (χ0v) is 12.5. The Morgan fingerprint density at radius 1 is 1.33 bits per heavy atom. The molecule has 0 saturated heterocycles. The summed E-state index contributed by atoms with van der Waals surface area (Å²) in [5.41, 5.74) is 1.85. The highest BCUT2D eigenvalue weighted by Gasteiger charge is 2.13. The molecule has 0 spiro atoms. The number of methoxy groups -OCH3 is 1. The third-order valence-corrected chi connectivity index (χ3v) is 3.49. The van der Waals surface area contributed by atoms with Crippen molar-refractivity contribution >= 4 is 15.9 Å². The fourth-order valence-electron chi connectivity index (χ4n) is 1.84. The van der Waals surface area contributed by atoms with Crippen molar-refractivity contribution in [1.82, 2.24) is 15.1 Å². The van der Waals surface area contributed by atoms with Gasteiger partial charge < -0.3 is 14.2 Å². The Kier molecular flexibility index (Phi) is 3.46. The lowest BCUT2D eigenvalue weighted by Crippen LogP contribution is -1.86. The van der Waals surface area contributed by atoms with E-state index in [1.165, 1.54) is 0 Å². The van der Waals surface area contributed by atoms with E-state index in [0.717, 1.165) is 15.8 Å². The lowest BCUT2D eigenvalue weighted by Gasteiger charge is -2.03. The molecular weight excluding hydrogens is 336 g/mol. The number of ether oxygens (including phenoxy) is 1. The first-order chi connectivity index (χ1) is 10.2. The molecule has 0 amide bonds. The van der Waals surface area contributed by atoms with Crippen LogP contribution in [0.4, 0.5) is 0 Å². The van der Waals surface area contributed by atoms with Crippen molar-refractivity contribution in [2.75, 3.05) is 7.11 Å². The predicted octanol–water partition coefficient (Wildman–Crippen LogP) is 3.37. The van der Waals surface area contributed by atoms with Gasteiger partial charge in [0, 0.05) is 5.56 Å². The first kappa shape index (κ1) is 13.4. The van der Waals surface area contributed by atoms with Crippen LogP contribution in [-0.4, -0.2) is 22.2 Å². The van der Waals surface area contributed by atoms with Crippen molar-refractivity contribution in [2.45, 2.75) is 0 Å². The number of benzene rings is 1. The normalized spacial score (nSPS) is 10.3. The summed E-state index contributed by atoms with van der Waals surface area (Å²) in [5.74, 6) is 1.52. The molecule has 3 rings (SSSR count). The molecule has 0 fully saturated rings. The van der Waals surface area contributed by atoms with Crippen LogP contribution in [0.5, 0.6) is 5.75 Å². The first-order valence-electron chi connectivity index (χ1n) is 5.98. The number of rotatable bonds is 3. The van der Waals surface area contributed by atoms with Gasteiger partial charge >= 0.3 is 0 Å². The van der Waals surface area contributed by atoms with E-state index in [1.54, 1.807) is 19.2 Å². The van der Waals surface area contributed by atoms with Crippen LogP contribution in [-0.2, 0) is 0 Å². The van der Waals surface area contributed by atoms with Crippen molar-refractivity contribution in [3.63, 3.8) is 0 Å². The van der Waals surface area contributed by atoms with E-state index in [1.807, 2.05) is 24.3 Å². The Bertz CT molecular complexity index is 832. The van der Waals surface area contributed by atoms with Gasteiger partial charge in [0.2, 0.25) is 5.82 Å². The highest BCUT2D eigenvalue weighted by atomic mass is 79.9. The lowest BCUT2D eigenvalue weighted by atomic mass is 10.2. The fraction of sp³-hybridized carbons (Fsp3) is 0.0714.